The van der Waals surface area contributed by atoms with Gasteiger partial charge < -0.3 is 10.6 Å². The van der Waals surface area contributed by atoms with Crippen molar-refractivity contribution in [3.8, 4) is 0 Å². The molecule has 0 heterocycles. The summed E-state index contributed by atoms with van der Waals surface area (Å²) in [6, 6.07) is 9.64. The number of carbonyl (C=O) groups is 2. The van der Waals surface area contributed by atoms with Crippen molar-refractivity contribution in [2.75, 3.05) is 6.54 Å². The van der Waals surface area contributed by atoms with Crippen molar-refractivity contribution in [2.24, 2.45) is 0 Å². The van der Waals surface area contributed by atoms with Crippen LogP contribution in [0.25, 0.3) is 0 Å². The molecule has 4 heteroatoms. The van der Waals surface area contributed by atoms with Gasteiger partial charge in [-0.1, -0.05) is 50.3 Å². The van der Waals surface area contributed by atoms with E-state index in [1.54, 1.807) is 0 Å². The molecule has 0 aromatic heterocycles. The first-order valence-electron chi connectivity index (χ1n) is 9.38. The molecule has 1 aliphatic rings. The molecule has 2 N–H and O–H groups in total. The molecule has 1 fully saturated rings. The summed E-state index contributed by atoms with van der Waals surface area (Å²) in [5.74, 6) is 0.164. The number of rotatable bonds is 8. The van der Waals surface area contributed by atoms with Gasteiger partial charge in [-0.25, -0.2) is 0 Å². The van der Waals surface area contributed by atoms with E-state index < -0.39 is 0 Å². The van der Waals surface area contributed by atoms with Gasteiger partial charge in [-0.2, -0.15) is 0 Å². The second kappa shape index (κ2) is 10.8. The lowest BCUT2D eigenvalue weighted by atomic mass is 10.1. The third-order valence-corrected chi connectivity index (χ3v) is 4.62. The Bertz CT molecular complexity index is 494. The van der Waals surface area contributed by atoms with Crippen LogP contribution in [0.5, 0.6) is 0 Å². The average molecular weight is 330 g/mol. The largest absolute Gasteiger partial charge is 0.353 e. The molecule has 1 aromatic rings. The van der Waals surface area contributed by atoms with Gasteiger partial charge in [0.1, 0.15) is 0 Å². The fraction of sp³-hybridized carbons (Fsp3) is 0.600. The van der Waals surface area contributed by atoms with E-state index in [9.17, 15) is 9.59 Å². The summed E-state index contributed by atoms with van der Waals surface area (Å²) in [7, 11) is 0. The Morgan fingerprint density at radius 2 is 1.62 bits per heavy atom. The van der Waals surface area contributed by atoms with Crippen LogP contribution in [0.15, 0.2) is 30.3 Å². The van der Waals surface area contributed by atoms with E-state index in [0.29, 0.717) is 24.6 Å². The van der Waals surface area contributed by atoms with Crippen molar-refractivity contribution >= 4 is 11.8 Å². The molecule has 1 aromatic carbocycles. The molecule has 24 heavy (non-hydrogen) atoms. The van der Waals surface area contributed by atoms with Crippen LogP contribution in [0.3, 0.4) is 0 Å². The second-order valence-electron chi connectivity index (χ2n) is 6.69. The predicted molar refractivity (Wildman–Crippen MR) is 96.9 cm³/mol. The van der Waals surface area contributed by atoms with Crippen molar-refractivity contribution in [1.29, 1.82) is 0 Å². The molecule has 0 radical (unpaired) electrons. The molecule has 2 amide bonds. The van der Waals surface area contributed by atoms with Crippen LogP contribution < -0.4 is 10.6 Å². The lowest BCUT2D eigenvalue weighted by Crippen LogP contribution is -2.34. The Kier molecular flexibility index (Phi) is 8.36. The number of unbranched alkanes of at least 4 members (excludes halogenated alkanes) is 2. The standard InChI is InChI=1S/C20H30N2O2/c23-19(22-18-13-7-1-2-8-14-18)15-9-4-10-16-21-20(24)17-11-5-3-6-12-17/h3,5-6,11-12,18H,1-2,4,7-10,13-16H2,(H,21,24)(H,22,23). The Morgan fingerprint density at radius 3 is 2.33 bits per heavy atom. The zero-order valence-electron chi connectivity index (χ0n) is 14.6. The van der Waals surface area contributed by atoms with Crippen molar-refractivity contribution in [3.63, 3.8) is 0 Å². The van der Waals surface area contributed by atoms with Gasteiger partial charge in [-0.3, -0.25) is 9.59 Å². The average Bonchev–Trinajstić information content (AvgIpc) is 2.87. The zero-order valence-corrected chi connectivity index (χ0v) is 14.6. The van der Waals surface area contributed by atoms with E-state index in [-0.39, 0.29) is 11.8 Å². The molecular weight excluding hydrogens is 300 g/mol. The zero-order chi connectivity index (χ0) is 17.0. The minimum absolute atomic E-state index is 0.0262. The molecule has 0 atom stereocenters. The first-order valence-corrected chi connectivity index (χ1v) is 9.38. The van der Waals surface area contributed by atoms with Gasteiger partial charge in [-0.15, -0.1) is 0 Å². The van der Waals surface area contributed by atoms with Gasteiger partial charge in [-0.05, 0) is 37.8 Å². The molecule has 0 aliphatic heterocycles. The van der Waals surface area contributed by atoms with Crippen LogP contribution in [0.2, 0.25) is 0 Å². The van der Waals surface area contributed by atoms with Gasteiger partial charge in [0.15, 0.2) is 0 Å². The molecule has 132 valence electrons. The predicted octanol–water partition coefficient (Wildman–Crippen LogP) is 3.82. The Morgan fingerprint density at radius 1 is 0.917 bits per heavy atom. The SMILES string of the molecule is O=C(CCCCCNC(=O)c1ccccc1)NC1CCCCCC1. The first-order chi connectivity index (χ1) is 11.8. The summed E-state index contributed by atoms with van der Waals surface area (Å²) >= 11 is 0. The smallest absolute Gasteiger partial charge is 0.251 e. The summed E-state index contributed by atoms with van der Waals surface area (Å²) in [6.07, 6.45) is 10.7. The van der Waals surface area contributed by atoms with Crippen LogP contribution in [-0.4, -0.2) is 24.4 Å². The fourth-order valence-corrected chi connectivity index (χ4v) is 3.20. The number of hydrogen-bond acceptors (Lipinski definition) is 2. The van der Waals surface area contributed by atoms with Crippen LogP contribution in [0, 0.1) is 0 Å². The quantitative estimate of drug-likeness (QED) is 0.562. The minimum Gasteiger partial charge on any atom is -0.353 e. The van der Waals surface area contributed by atoms with Crippen LogP contribution >= 0.6 is 0 Å². The Labute approximate surface area is 145 Å². The minimum atomic E-state index is -0.0262. The summed E-state index contributed by atoms with van der Waals surface area (Å²) in [5.41, 5.74) is 0.695. The van der Waals surface area contributed by atoms with Crippen LogP contribution in [-0.2, 0) is 4.79 Å². The molecule has 0 saturated heterocycles. The van der Waals surface area contributed by atoms with E-state index in [1.165, 1.54) is 25.7 Å². The van der Waals surface area contributed by atoms with Gasteiger partial charge in [0, 0.05) is 24.6 Å². The molecule has 2 rings (SSSR count). The van der Waals surface area contributed by atoms with E-state index >= 15 is 0 Å². The lowest BCUT2D eigenvalue weighted by Gasteiger charge is -2.16. The lowest BCUT2D eigenvalue weighted by molar-refractivity contribution is -0.122. The van der Waals surface area contributed by atoms with Gasteiger partial charge in [0.25, 0.3) is 5.91 Å². The van der Waals surface area contributed by atoms with E-state index in [0.717, 1.165) is 32.1 Å². The summed E-state index contributed by atoms with van der Waals surface area (Å²) < 4.78 is 0. The maximum atomic E-state index is 12.0. The molecular formula is C20H30N2O2. The topological polar surface area (TPSA) is 58.2 Å². The maximum absolute atomic E-state index is 12.0. The highest BCUT2D eigenvalue weighted by Gasteiger charge is 2.14. The molecule has 0 unspecified atom stereocenters. The normalized spacial score (nSPS) is 15.5. The van der Waals surface area contributed by atoms with Crippen molar-refractivity contribution in [3.05, 3.63) is 35.9 Å². The van der Waals surface area contributed by atoms with Gasteiger partial charge in [0.2, 0.25) is 5.91 Å². The number of benzene rings is 1. The first kappa shape index (κ1) is 18.5. The van der Waals surface area contributed by atoms with E-state index in [2.05, 4.69) is 10.6 Å². The highest BCUT2D eigenvalue weighted by Crippen LogP contribution is 2.17. The van der Waals surface area contributed by atoms with Gasteiger partial charge in [0.05, 0.1) is 0 Å². The number of nitrogens with one attached hydrogen (secondary N) is 2. The summed E-state index contributed by atoms with van der Waals surface area (Å²) in [6.45, 7) is 0.665. The number of hydrogen-bond donors (Lipinski definition) is 2. The monoisotopic (exact) mass is 330 g/mol. The maximum Gasteiger partial charge on any atom is 0.251 e. The Balaban J connectivity index is 1.50. The van der Waals surface area contributed by atoms with Crippen LogP contribution in [0.1, 0.15) is 74.6 Å². The highest BCUT2D eigenvalue weighted by molar-refractivity contribution is 5.94. The summed E-state index contributed by atoms with van der Waals surface area (Å²) in [4.78, 5) is 23.8. The molecule has 0 bridgehead atoms. The molecule has 1 saturated carbocycles. The summed E-state index contributed by atoms with van der Waals surface area (Å²) in [5, 5.41) is 6.10. The van der Waals surface area contributed by atoms with E-state index in [4.69, 9.17) is 0 Å². The van der Waals surface area contributed by atoms with Gasteiger partial charge >= 0.3 is 0 Å². The molecule has 1 aliphatic carbocycles. The third-order valence-electron chi connectivity index (χ3n) is 4.62. The Hall–Kier alpha value is -1.84. The number of amides is 2. The van der Waals surface area contributed by atoms with E-state index in [1.807, 2.05) is 30.3 Å². The third kappa shape index (κ3) is 7.16. The highest BCUT2D eigenvalue weighted by atomic mass is 16.2. The van der Waals surface area contributed by atoms with Crippen LogP contribution in [0.4, 0.5) is 0 Å². The van der Waals surface area contributed by atoms with Crippen molar-refractivity contribution in [2.45, 2.75) is 70.3 Å². The fourth-order valence-electron chi connectivity index (χ4n) is 3.20. The molecule has 0 spiro atoms. The van der Waals surface area contributed by atoms with Crippen molar-refractivity contribution < 1.29 is 9.59 Å². The van der Waals surface area contributed by atoms with Crippen molar-refractivity contribution in [1.82, 2.24) is 10.6 Å². The molecule has 4 nitrogen and oxygen atoms in total. The number of carbonyl (C=O) groups excluding carboxylic acids is 2. The second-order valence-corrected chi connectivity index (χ2v) is 6.69.